The lowest BCUT2D eigenvalue weighted by molar-refractivity contribution is -0.138. The predicted octanol–water partition coefficient (Wildman–Crippen LogP) is 3.90. The standard InChI is InChI=1S/C15H10BrF3N2O3/c1-24-14(23)12-4-2-3-11(21-12)13(22)20-8-5-6-10(16)9(7-8)15(17,18)19/h2-7H,1H3,(H,20,22). The predicted molar refractivity (Wildman–Crippen MR) is 82.7 cm³/mol. The maximum Gasteiger partial charge on any atom is 0.417 e. The van der Waals surface area contributed by atoms with Crippen molar-refractivity contribution in [2.24, 2.45) is 0 Å². The van der Waals surface area contributed by atoms with E-state index in [0.29, 0.717) is 0 Å². The van der Waals surface area contributed by atoms with E-state index in [-0.39, 0.29) is 21.5 Å². The molecular formula is C15H10BrF3N2O3. The van der Waals surface area contributed by atoms with Crippen LogP contribution >= 0.6 is 15.9 Å². The van der Waals surface area contributed by atoms with Crippen LogP contribution in [-0.4, -0.2) is 24.0 Å². The summed E-state index contributed by atoms with van der Waals surface area (Å²) < 4.78 is 42.9. The van der Waals surface area contributed by atoms with Crippen LogP contribution in [0.15, 0.2) is 40.9 Å². The van der Waals surface area contributed by atoms with Gasteiger partial charge in [-0.25, -0.2) is 9.78 Å². The summed E-state index contributed by atoms with van der Waals surface area (Å²) in [5.74, 6) is -1.48. The average Bonchev–Trinajstić information content (AvgIpc) is 2.55. The number of carbonyl (C=O) groups excluding carboxylic acids is 2. The number of esters is 1. The molecule has 0 spiro atoms. The van der Waals surface area contributed by atoms with Crippen LogP contribution in [0, 0.1) is 0 Å². The summed E-state index contributed by atoms with van der Waals surface area (Å²) in [6.07, 6.45) is -4.57. The number of hydrogen-bond donors (Lipinski definition) is 1. The molecule has 2 rings (SSSR count). The summed E-state index contributed by atoms with van der Waals surface area (Å²) in [6.45, 7) is 0. The number of carbonyl (C=O) groups is 2. The molecule has 1 N–H and O–H groups in total. The van der Waals surface area contributed by atoms with E-state index in [1.54, 1.807) is 0 Å². The number of ether oxygens (including phenoxy) is 1. The molecule has 126 valence electrons. The lowest BCUT2D eigenvalue weighted by atomic mass is 10.2. The van der Waals surface area contributed by atoms with Gasteiger partial charge in [-0.2, -0.15) is 13.2 Å². The minimum absolute atomic E-state index is 0.0548. The van der Waals surface area contributed by atoms with Gasteiger partial charge in [-0.05, 0) is 30.3 Å². The number of methoxy groups -OCH3 is 1. The number of nitrogens with one attached hydrogen (secondary N) is 1. The van der Waals surface area contributed by atoms with Gasteiger partial charge in [0.05, 0.1) is 12.7 Å². The van der Waals surface area contributed by atoms with Crippen LogP contribution in [0.4, 0.5) is 18.9 Å². The molecule has 0 atom stereocenters. The van der Waals surface area contributed by atoms with Crippen molar-refractivity contribution in [1.82, 2.24) is 4.98 Å². The molecule has 0 saturated carbocycles. The number of aromatic nitrogens is 1. The van der Waals surface area contributed by atoms with Gasteiger partial charge in [0.2, 0.25) is 0 Å². The fraction of sp³-hybridized carbons (Fsp3) is 0.133. The molecule has 1 heterocycles. The molecule has 1 aromatic carbocycles. The summed E-state index contributed by atoms with van der Waals surface area (Å²) in [7, 11) is 1.16. The minimum atomic E-state index is -4.57. The van der Waals surface area contributed by atoms with E-state index >= 15 is 0 Å². The number of alkyl halides is 3. The first-order valence-corrected chi connectivity index (χ1v) is 7.25. The SMILES string of the molecule is COC(=O)c1cccc(C(=O)Nc2ccc(Br)c(C(F)(F)F)c2)n1. The zero-order valence-electron chi connectivity index (χ0n) is 12.1. The second kappa shape index (κ2) is 7.00. The van der Waals surface area contributed by atoms with Crippen LogP contribution in [0.1, 0.15) is 26.5 Å². The molecule has 0 bridgehead atoms. The highest BCUT2D eigenvalue weighted by molar-refractivity contribution is 9.10. The maximum absolute atomic E-state index is 12.9. The van der Waals surface area contributed by atoms with Crippen molar-refractivity contribution >= 4 is 33.5 Å². The quantitative estimate of drug-likeness (QED) is 0.790. The maximum atomic E-state index is 12.9. The van der Waals surface area contributed by atoms with E-state index in [1.807, 2.05) is 0 Å². The normalized spacial score (nSPS) is 11.0. The number of amides is 1. The van der Waals surface area contributed by atoms with Gasteiger partial charge in [-0.3, -0.25) is 4.79 Å². The van der Waals surface area contributed by atoms with Crippen molar-refractivity contribution in [1.29, 1.82) is 0 Å². The topological polar surface area (TPSA) is 68.3 Å². The van der Waals surface area contributed by atoms with Crippen LogP contribution in [0.5, 0.6) is 0 Å². The second-order valence-electron chi connectivity index (χ2n) is 4.55. The van der Waals surface area contributed by atoms with E-state index in [4.69, 9.17) is 0 Å². The first-order chi connectivity index (χ1) is 11.2. The van der Waals surface area contributed by atoms with Crippen molar-refractivity contribution < 1.29 is 27.5 Å². The molecule has 5 nitrogen and oxygen atoms in total. The molecule has 0 aliphatic rings. The zero-order valence-corrected chi connectivity index (χ0v) is 13.7. The Labute approximate surface area is 143 Å². The second-order valence-corrected chi connectivity index (χ2v) is 5.40. The number of anilines is 1. The zero-order chi connectivity index (χ0) is 17.9. The molecule has 0 radical (unpaired) electrons. The summed E-state index contributed by atoms with van der Waals surface area (Å²) in [5.41, 5.74) is -1.19. The summed E-state index contributed by atoms with van der Waals surface area (Å²) >= 11 is 2.81. The Balaban J connectivity index is 2.26. The highest BCUT2D eigenvalue weighted by Gasteiger charge is 2.33. The number of halogens is 4. The minimum Gasteiger partial charge on any atom is -0.464 e. The molecule has 9 heteroatoms. The van der Waals surface area contributed by atoms with Crippen LogP contribution in [0.2, 0.25) is 0 Å². The molecule has 2 aromatic rings. The van der Waals surface area contributed by atoms with Crippen molar-refractivity contribution in [3.05, 3.63) is 57.8 Å². The largest absolute Gasteiger partial charge is 0.464 e. The third kappa shape index (κ3) is 4.10. The highest BCUT2D eigenvalue weighted by Crippen LogP contribution is 2.36. The molecular weight excluding hydrogens is 393 g/mol. The van der Waals surface area contributed by atoms with E-state index in [2.05, 4.69) is 31.0 Å². The molecule has 24 heavy (non-hydrogen) atoms. The monoisotopic (exact) mass is 402 g/mol. The van der Waals surface area contributed by atoms with E-state index in [9.17, 15) is 22.8 Å². The Hall–Kier alpha value is -2.42. The smallest absolute Gasteiger partial charge is 0.417 e. The Morgan fingerprint density at radius 1 is 1.17 bits per heavy atom. The van der Waals surface area contributed by atoms with E-state index in [0.717, 1.165) is 13.2 Å². The number of benzene rings is 1. The fourth-order valence-corrected chi connectivity index (χ4v) is 2.27. The van der Waals surface area contributed by atoms with Gasteiger partial charge in [-0.15, -0.1) is 0 Å². The molecule has 0 aliphatic carbocycles. The van der Waals surface area contributed by atoms with Gasteiger partial charge in [0.15, 0.2) is 0 Å². The Kier molecular flexibility index (Phi) is 5.23. The van der Waals surface area contributed by atoms with Crippen LogP contribution in [-0.2, 0) is 10.9 Å². The van der Waals surface area contributed by atoms with Crippen LogP contribution < -0.4 is 5.32 Å². The fourth-order valence-electron chi connectivity index (χ4n) is 1.79. The van der Waals surface area contributed by atoms with Crippen molar-refractivity contribution in [2.45, 2.75) is 6.18 Å². The van der Waals surface area contributed by atoms with Crippen molar-refractivity contribution in [3.63, 3.8) is 0 Å². The highest BCUT2D eigenvalue weighted by atomic mass is 79.9. The summed E-state index contributed by atoms with van der Waals surface area (Å²) in [6, 6.07) is 7.37. The summed E-state index contributed by atoms with van der Waals surface area (Å²) in [4.78, 5) is 27.3. The van der Waals surface area contributed by atoms with Gasteiger partial charge < -0.3 is 10.1 Å². The van der Waals surface area contributed by atoms with Crippen LogP contribution in [0.3, 0.4) is 0 Å². The third-order valence-corrected chi connectivity index (χ3v) is 3.60. The van der Waals surface area contributed by atoms with Gasteiger partial charge in [-0.1, -0.05) is 22.0 Å². The molecule has 1 amide bonds. The Bertz CT molecular complexity index is 794. The lowest BCUT2D eigenvalue weighted by Gasteiger charge is -2.12. The van der Waals surface area contributed by atoms with Gasteiger partial charge >= 0.3 is 12.1 Å². The number of pyridine rings is 1. The Morgan fingerprint density at radius 2 is 1.83 bits per heavy atom. The molecule has 0 unspecified atom stereocenters. The van der Waals surface area contributed by atoms with E-state index < -0.39 is 23.6 Å². The van der Waals surface area contributed by atoms with Crippen molar-refractivity contribution in [3.8, 4) is 0 Å². The van der Waals surface area contributed by atoms with Crippen LogP contribution in [0.25, 0.3) is 0 Å². The Morgan fingerprint density at radius 3 is 2.46 bits per heavy atom. The van der Waals surface area contributed by atoms with Gasteiger partial charge in [0.25, 0.3) is 5.91 Å². The summed E-state index contributed by atoms with van der Waals surface area (Å²) in [5, 5.41) is 2.31. The first-order valence-electron chi connectivity index (χ1n) is 6.46. The third-order valence-electron chi connectivity index (χ3n) is 2.91. The van der Waals surface area contributed by atoms with Gasteiger partial charge in [0, 0.05) is 10.2 Å². The average molecular weight is 403 g/mol. The van der Waals surface area contributed by atoms with Gasteiger partial charge in [0.1, 0.15) is 11.4 Å². The number of hydrogen-bond acceptors (Lipinski definition) is 4. The van der Waals surface area contributed by atoms with E-state index in [1.165, 1.54) is 30.3 Å². The lowest BCUT2D eigenvalue weighted by Crippen LogP contribution is -2.16. The van der Waals surface area contributed by atoms with Crippen molar-refractivity contribution in [2.75, 3.05) is 12.4 Å². The molecule has 1 aromatic heterocycles. The molecule has 0 saturated heterocycles. The number of rotatable bonds is 3. The molecule has 0 aliphatic heterocycles. The molecule has 0 fully saturated rings. The first kappa shape index (κ1) is 17.9. The number of nitrogens with zero attached hydrogens (tertiary/aromatic N) is 1.